The van der Waals surface area contributed by atoms with E-state index in [-0.39, 0.29) is 16.5 Å². The first-order valence-electron chi connectivity index (χ1n) is 9.00. The van der Waals surface area contributed by atoms with Crippen LogP contribution in [0.5, 0.6) is 0 Å². The number of rotatable bonds is 9. The summed E-state index contributed by atoms with van der Waals surface area (Å²) in [6, 6.07) is 9.43. The third-order valence-electron chi connectivity index (χ3n) is 4.18. The van der Waals surface area contributed by atoms with Crippen molar-refractivity contribution in [3.8, 4) is 0 Å². The summed E-state index contributed by atoms with van der Waals surface area (Å²) >= 11 is 0. The van der Waals surface area contributed by atoms with Crippen LogP contribution in [-0.4, -0.2) is 20.9 Å². The number of carbonyl (C=O) groups excluding carboxylic acids is 1. The second-order valence-corrected chi connectivity index (χ2v) is 8.09. The van der Waals surface area contributed by atoms with E-state index in [1.165, 1.54) is 36.4 Å². The van der Waals surface area contributed by atoms with E-state index in [0.717, 1.165) is 25.7 Å². The van der Waals surface area contributed by atoms with Gasteiger partial charge in [0.1, 0.15) is 5.82 Å². The lowest BCUT2D eigenvalue weighted by Gasteiger charge is -2.12. The molecule has 0 radical (unpaired) electrons. The number of nitrogens with one attached hydrogen (secondary N) is 2. The number of amides is 1. The maximum absolute atomic E-state index is 13.0. The molecule has 5 nitrogen and oxygen atoms in total. The van der Waals surface area contributed by atoms with Crippen LogP contribution in [0, 0.1) is 12.7 Å². The summed E-state index contributed by atoms with van der Waals surface area (Å²) in [5.41, 5.74) is 1.27. The van der Waals surface area contributed by atoms with Crippen molar-refractivity contribution in [2.45, 2.75) is 44.4 Å². The second kappa shape index (κ2) is 9.50. The van der Waals surface area contributed by atoms with Crippen molar-refractivity contribution in [3.63, 3.8) is 0 Å². The van der Waals surface area contributed by atoms with Gasteiger partial charge in [0.15, 0.2) is 0 Å². The van der Waals surface area contributed by atoms with Gasteiger partial charge in [-0.15, -0.1) is 0 Å². The van der Waals surface area contributed by atoms with E-state index in [0.29, 0.717) is 17.7 Å². The predicted molar refractivity (Wildman–Crippen MR) is 105 cm³/mol. The summed E-state index contributed by atoms with van der Waals surface area (Å²) in [5.74, 6) is -0.742. The molecule has 0 spiro atoms. The lowest BCUT2D eigenvalue weighted by Crippen LogP contribution is -2.25. The average Bonchev–Trinajstić information content (AvgIpc) is 2.63. The fourth-order valence-corrected chi connectivity index (χ4v) is 3.68. The van der Waals surface area contributed by atoms with Crippen molar-refractivity contribution in [1.82, 2.24) is 5.32 Å². The van der Waals surface area contributed by atoms with Crippen LogP contribution in [0.3, 0.4) is 0 Å². The first kappa shape index (κ1) is 20.9. The van der Waals surface area contributed by atoms with Gasteiger partial charge in [0.05, 0.1) is 4.90 Å². The fourth-order valence-electron chi connectivity index (χ4n) is 2.59. The maximum atomic E-state index is 13.0. The van der Waals surface area contributed by atoms with Gasteiger partial charge >= 0.3 is 0 Å². The molecular weight excluding hydrogens is 367 g/mol. The molecule has 2 rings (SSSR count). The molecule has 0 heterocycles. The molecule has 146 valence electrons. The number of hydrogen-bond donors (Lipinski definition) is 2. The lowest BCUT2D eigenvalue weighted by atomic mass is 10.1. The molecule has 2 N–H and O–H groups in total. The van der Waals surface area contributed by atoms with Gasteiger partial charge in [-0.2, -0.15) is 0 Å². The number of hydrogen-bond acceptors (Lipinski definition) is 3. The quantitative estimate of drug-likeness (QED) is 0.627. The molecule has 0 unspecified atom stereocenters. The van der Waals surface area contributed by atoms with Crippen molar-refractivity contribution in [2.75, 3.05) is 11.3 Å². The molecule has 27 heavy (non-hydrogen) atoms. The number of benzene rings is 2. The normalized spacial score (nSPS) is 11.2. The standard InChI is InChI=1S/C20H25FN2O3S/c1-3-4-5-6-13-22-20(24)19-14-18(12-7-15(19)2)27(25,26)23-17-10-8-16(21)9-11-17/h7-12,14,23H,3-6,13H2,1-2H3,(H,22,24). The van der Waals surface area contributed by atoms with E-state index in [1.807, 2.05) is 0 Å². The Hall–Kier alpha value is -2.41. The molecular formula is C20H25FN2O3S. The Kier molecular flexibility index (Phi) is 7.36. The Morgan fingerprint density at radius 2 is 1.74 bits per heavy atom. The van der Waals surface area contributed by atoms with Crippen molar-refractivity contribution in [3.05, 3.63) is 59.4 Å². The van der Waals surface area contributed by atoms with Crippen molar-refractivity contribution in [1.29, 1.82) is 0 Å². The van der Waals surface area contributed by atoms with Gasteiger partial charge < -0.3 is 5.32 Å². The minimum atomic E-state index is -3.88. The number of aryl methyl sites for hydroxylation is 1. The van der Waals surface area contributed by atoms with E-state index in [1.54, 1.807) is 13.0 Å². The zero-order chi connectivity index (χ0) is 19.9. The zero-order valence-electron chi connectivity index (χ0n) is 15.6. The minimum absolute atomic E-state index is 0.0199. The Balaban J connectivity index is 2.12. The molecule has 1 amide bonds. The topological polar surface area (TPSA) is 75.3 Å². The predicted octanol–water partition coefficient (Wildman–Crippen LogP) is 4.25. The first-order valence-corrected chi connectivity index (χ1v) is 10.5. The molecule has 0 aliphatic heterocycles. The van der Waals surface area contributed by atoms with Crippen LogP contribution in [0.2, 0.25) is 0 Å². The molecule has 0 aliphatic carbocycles. The summed E-state index contributed by atoms with van der Waals surface area (Å²) in [5, 5.41) is 2.84. The van der Waals surface area contributed by atoms with Crippen LogP contribution in [0.15, 0.2) is 47.4 Å². The van der Waals surface area contributed by atoms with E-state index < -0.39 is 15.8 Å². The van der Waals surface area contributed by atoms with Gasteiger partial charge in [0.2, 0.25) is 0 Å². The van der Waals surface area contributed by atoms with Crippen LogP contribution in [0.25, 0.3) is 0 Å². The van der Waals surface area contributed by atoms with Gasteiger partial charge in [-0.3, -0.25) is 9.52 Å². The Labute approximate surface area is 160 Å². The van der Waals surface area contributed by atoms with Gasteiger partial charge in [0, 0.05) is 17.8 Å². The highest BCUT2D eigenvalue weighted by Gasteiger charge is 2.18. The van der Waals surface area contributed by atoms with Crippen LogP contribution in [-0.2, 0) is 10.0 Å². The smallest absolute Gasteiger partial charge is 0.261 e. The Morgan fingerprint density at radius 1 is 1.04 bits per heavy atom. The molecule has 2 aromatic carbocycles. The van der Waals surface area contributed by atoms with Crippen molar-refractivity contribution in [2.24, 2.45) is 0 Å². The monoisotopic (exact) mass is 392 g/mol. The van der Waals surface area contributed by atoms with E-state index in [2.05, 4.69) is 17.0 Å². The Morgan fingerprint density at radius 3 is 2.41 bits per heavy atom. The highest BCUT2D eigenvalue weighted by molar-refractivity contribution is 7.92. The average molecular weight is 392 g/mol. The molecule has 0 atom stereocenters. The summed E-state index contributed by atoms with van der Waals surface area (Å²) < 4.78 is 40.5. The molecule has 0 bridgehead atoms. The number of halogens is 1. The summed E-state index contributed by atoms with van der Waals surface area (Å²) in [7, 11) is -3.88. The highest BCUT2D eigenvalue weighted by Crippen LogP contribution is 2.19. The second-order valence-electron chi connectivity index (χ2n) is 6.41. The van der Waals surface area contributed by atoms with E-state index >= 15 is 0 Å². The van der Waals surface area contributed by atoms with Crippen LogP contribution < -0.4 is 10.0 Å². The molecule has 2 aromatic rings. The van der Waals surface area contributed by atoms with Crippen LogP contribution in [0.1, 0.15) is 48.5 Å². The zero-order valence-corrected chi connectivity index (χ0v) is 16.4. The van der Waals surface area contributed by atoms with Crippen molar-refractivity contribution < 1.29 is 17.6 Å². The lowest BCUT2D eigenvalue weighted by molar-refractivity contribution is 0.0952. The number of unbranched alkanes of at least 4 members (excludes halogenated alkanes) is 3. The van der Waals surface area contributed by atoms with E-state index in [4.69, 9.17) is 0 Å². The molecule has 0 saturated heterocycles. The summed E-state index contributed by atoms with van der Waals surface area (Å²) in [4.78, 5) is 12.4. The van der Waals surface area contributed by atoms with Crippen LogP contribution >= 0.6 is 0 Å². The minimum Gasteiger partial charge on any atom is -0.352 e. The van der Waals surface area contributed by atoms with Crippen LogP contribution in [0.4, 0.5) is 10.1 Å². The SMILES string of the molecule is CCCCCCNC(=O)c1cc(S(=O)(=O)Nc2ccc(F)cc2)ccc1C. The highest BCUT2D eigenvalue weighted by atomic mass is 32.2. The Bertz CT molecular complexity index is 881. The largest absolute Gasteiger partial charge is 0.352 e. The molecule has 0 saturated carbocycles. The third kappa shape index (κ3) is 6.06. The molecule has 7 heteroatoms. The summed E-state index contributed by atoms with van der Waals surface area (Å²) in [6.45, 7) is 4.44. The molecule has 0 fully saturated rings. The maximum Gasteiger partial charge on any atom is 0.261 e. The number of carbonyl (C=O) groups is 1. The van der Waals surface area contributed by atoms with Crippen molar-refractivity contribution >= 4 is 21.6 Å². The first-order chi connectivity index (χ1) is 12.8. The third-order valence-corrected chi connectivity index (χ3v) is 5.56. The van der Waals surface area contributed by atoms with Gasteiger partial charge in [-0.25, -0.2) is 12.8 Å². The fraction of sp³-hybridized carbons (Fsp3) is 0.350. The molecule has 0 aliphatic rings. The van der Waals surface area contributed by atoms with Gasteiger partial charge in [-0.05, 0) is 55.3 Å². The molecule has 0 aromatic heterocycles. The van der Waals surface area contributed by atoms with E-state index in [9.17, 15) is 17.6 Å². The summed E-state index contributed by atoms with van der Waals surface area (Å²) in [6.07, 6.45) is 4.18. The number of sulfonamides is 1. The van der Waals surface area contributed by atoms with Gasteiger partial charge in [-0.1, -0.05) is 32.3 Å². The van der Waals surface area contributed by atoms with Gasteiger partial charge in [0.25, 0.3) is 15.9 Å². The number of anilines is 1.